The SMILES string of the molecule is O=C(CNC(=O)c1ccccc1Br)N/N=C\c1ccc(Cl)cc1Cl. The highest BCUT2D eigenvalue weighted by molar-refractivity contribution is 9.10. The molecule has 0 radical (unpaired) electrons. The highest BCUT2D eigenvalue weighted by Gasteiger charge is 2.10. The molecule has 24 heavy (non-hydrogen) atoms. The van der Waals surface area contributed by atoms with Crippen molar-refractivity contribution < 1.29 is 9.59 Å². The summed E-state index contributed by atoms with van der Waals surface area (Å²) in [7, 11) is 0. The zero-order valence-corrected chi connectivity index (χ0v) is 15.3. The van der Waals surface area contributed by atoms with Crippen LogP contribution in [0.25, 0.3) is 0 Å². The second-order valence-electron chi connectivity index (χ2n) is 4.62. The predicted octanol–water partition coefficient (Wildman–Crippen LogP) is 3.64. The van der Waals surface area contributed by atoms with Crippen molar-refractivity contribution in [3.05, 3.63) is 68.1 Å². The maximum Gasteiger partial charge on any atom is 0.259 e. The van der Waals surface area contributed by atoms with Gasteiger partial charge >= 0.3 is 0 Å². The molecule has 8 heteroatoms. The Kier molecular flexibility index (Phi) is 6.78. The first kappa shape index (κ1) is 18.4. The van der Waals surface area contributed by atoms with Gasteiger partial charge in [0.15, 0.2) is 0 Å². The van der Waals surface area contributed by atoms with Gasteiger partial charge < -0.3 is 5.32 Å². The standard InChI is InChI=1S/C16H12BrCl2N3O2/c17-13-4-2-1-3-12(13)16(24)20-9-15(23)22-21-8-10-5-6-11(18)7-14(10)19/h1-8H,9H2,(H,20,24)(H,22,23)/b21-8-. The van der Waals surface area contributed by atoms with Gasteiger partial charge in [-0.25, -0.2) is 5.43 Å². The number of carbonyl (C=O) groups excluding carboxylic acids is 2. The molecule has 0 fully saturated rings. The molecule has 0 aromatic heterocycles. The largest absolute Gasteiger partial charge is 0.343 e. The van der Waals surface area contributed by atoms with Crippen LogP contribution in [-0.4, -0.2) is 24.6 Å². The second kappa shape index (κ2) is 8.82. The zero-order valence-electron chi connectivity index (χ0n) is 12.2. The molecular weight excluding hydrogens is 417 g/mol. The molecule has 0 saturated carbocycles. The number of rotatable bonds is 5. The molecule has 0 heterocycles. The van der Waals surface area contributed by atoms with E-state index < -0.39 is 5.91 Å². The van der Waals surface area contributed by atoms with Crippen LogP contribution in [0.15, 0.2) is 52.0 Å². The molecule has 0 bridgehead atoms. The van der Waals surface area contributed by atoms with E-state index >= 15 is 0 Å². The summed E-state index contributed by atoms with van der Waals surface area (Å²) in [6.45, 7) is -0.203. The number of nitrogens with zero attached hydrogens (tertiary/aromatic N) is 1. The Morgan fingerprint density at radius 1 is 1.17 bits per heavy atom. The molecule has 0 aliphatic carbocycles. The minimum Gasteiger partial charge on any atom is -0.343 e. The van der Waals surface area contributed by atoms with Crippen LogP contribution in [-0.2, 0) is 4.79 Å². The van der Waals surface area contributed by atoms with Crippen LogP contribution in [0.1, 0.15) is 15.9 Å². The Bertz CT molecular complexity index is 797. The van der Waals surface area contributed by atoms with Crippen molar-refractivity contribution in [1.29, 1.82) is 0 Å². The lowest BCUT2D eigenvalue weighted by atomic mass is 10.2. The minimum absolute atomic E-state index is 0.203. The Balaban J connectivity index is 1.84. The van der Waals surface area contributed by atoms with E-state index in [9.17, 15) is 9.59 Å². The molecule has 0 spiro atoms. The first-order valence-electron chi connectivity index (χ1n) is 6.77. The Hall–Kier alpha value is -1.89. The summed E-state index contributed by atoms with van der Waals surface area (Å²) in [5.74, 6) is -0.820. The summed E-state index contributed by atoms with van der Waals surface area (Å²) < 4.78 is 0.651. The van der Waals surface area contributed by atoms with Gasteiger partial charge in [0, 0.05) is 15.1 Å². The number of benzene rings is 2. The molecule has 124 valence electrons. The third-order valence-electron chi connectivity index (χ3n) is 2.88. The number of halogens is 3. The third kappa shape index (κ3) is 5.33. The van der Waals surface area contributed by atoms with Crippen LogP contribution in [0, 0.1) is 0 Å². The Morgan fingerprint density at radius 2 is 1.92 bits per heavy atom. The zero-order chi connectivity index (χ0) is 17.5. The topological polar surface area (TPSA) is 70.6 Å². The van der Waals surface area contributed by atoms with Crippen LogP contribution in [0.5, 0.6) is 0 Å². The summed E-state index contributed by atoms with van der Waals surface area (Å²) in [6.07, 6.45) is 1.40. The normalized spacial score (nSPS) is 10.6. The van der Waals surface area contributed by atoms with E-state index in [2.05, 4.69) is 31.8 Å². The average Bonchev–Trinajstić information content (AvgIpc) is 2.55. The first-order valence-corrected chi connectivity index (χ1v) is 8.32. The summed E-state index contributed by atoms with van der Waals surface area (Å²) in [5.41, 5.74) is 3.36. The van der Waals surface area contributed by atoms with Gasteiger partial charge in [0.05, 0.1) is 23.3 Å². The van der Waals surface area contributed by atoms with E-state index in [4.69, 9.17) is 23.2 Å². The van der Waals surface area contributed by atoms with Gasteiger partial charge in [0.25, 0.3) is 11.8 Å². The van der Waals surface area contributed by atoms with Crippen LogP contribution in [0.4, 0.5) is 0 Å². The lowest BCUT2D eigenvalue weighted by molar-refractivity contribution is -0.120. The molecule has 2 aromatic carbocycles. The van der Waals surface area contributed by atoms with E-state index in [-0.39, 0.29) is 12.5 Å². The molecule has 0 atom stereocenters. The van der Waals surface area contributed by atoms with Crippen LogP contribution >= 0.6 is 39.1 Å². The van der Waals surface area contributed by atoms with E-state index in [1.54, 1.807) is 42.5 Å². The maximum atomic E-state index is 12.0. The number of nitrogens with one attached hydrogen (secondary N) is 2. The van der Waals surface area contributed by atoms with Crippen molar-refractivity contribution >= 4 is 57.2 Å². The van der Waals surface area contributed by atoms with Crippen molar-refractivity contribution in [2.24, 2.45) is 5.10 Å². The maximum absolute atomic E-state index is 12.0. The van der Waals surface area contributed by atoms with Gasteiger partial charge in [-0.2, -0.15) is 5.10 Å². The molecule has 2 N–H and O–H groups in total. The highest BCUT2D eigenvalue weighted by Crippen LogP contribution is 2.19. The van der Waals surface area contributed by atoms with E-state index in [0.717, 1.165) is 0 Å². The molecule has 5 nitrogen and oxygen atoms in total. The fourth-order valence-corrected chi connectivity index (χ4v) is 2.64. The molecular formula is C16H12BrCl2N3O2. The van der Waals surface area contributed by atoms with Crippen molar-refractivity contribution in [2.45, 2.75) is 0 Å². The molecule has 2 rings (SSSR count). The van der Waals surface area contributed by atoms with Gasteiger partial charge in [-0.05, 0) is 40.2 Å². The van der Waals surface area contributed by atoms with Crippen LogP contribution < -0.4 is 10.7 Å². The molecule has 0 saturated heterocycles. The molecule has 0 unspecified atom stereocenters. The lowest BCUT2D eigenvalue weighted by Gasteiger charge is -2.05. The quantitative estimate of drug-likeness (QED) is 0.563. The number of hydrogen-bond acceptors (Lipinski definition) is 3. The Morgan fingerprint density at radius 3 is 2.62 bits per heavy atom. The number of hydrazone groups is 1. The summed E-state index contributed by atoms with van der Waals surface area (Å²) in [4.78, 5) is 23.6. The van der Waals surface area contributed by atoms with Crippen molar-refractivity contribution in [1.82, 2.24) is 10.7 Å². The van der Waals surface area contributed by atoms with E-state index in [1.807, 2.05) is 0 Å². The van der Waals surface area contributed by atoms with Crippen molar-refractivity contribution in [2.75, 3.05) is 6.54 Å². The minimum atomic E-state index is -0.461. The summed E-state index contributed by atoms with van der Waals surface area (Å²) in [6, 6.07) is 11.8. The van der Waals surface area contributed by atoms with E-state index in [0.29, 0.717) is 25.6 Å². The average molecular weight is 429 g/mol. The third-order valence-corrected chi connectivity index (χ3v) is 4.14. The number of amides is 2. The van der Waals surface area contributed by atoms with Crippen LogP contribution in [0.3, 0.4) is 0 Å². The molecule has 0 aliphatic heterocycles. The highest BCUT2D eigenvalue weighted by atomic mass is 79.9. The van der Waals surface area contributed by atoms with Gasteiger partial charge in [-0.3, -0.25) is 9.59 Å². The molecule has 2 amide bonds. The first-order chi connectivity index (χ1) is 11.5. The summed E-state index contributed by atoms with van der Waals surface area (Å²) in [5, 5.41) is 7.23. The van der Waals surface area contributed by atoms with Gasteiger partial charge in [-0.15, -0.1) is 0 Å². The van der Waals surface area contributed by atoms with Crippen molar-refractivity contribution in [3.8, 4) is 0 Å². The molecule has 2 aromatic rings. The van der Waals surface area contributed by atoms with Crippen molar-refractivity contribution in [3.63, 3.8) is 0 Å². The van der Waals surface area contributed by atoms with Crippen LogP contribution in [0.2, 0.25) is 10.0 Å². The number of carbonyl (C=O) groups is 2. The lowest BCUT2D eigenvalue weighted by Crippen LogP contribution is -2.35. The van der Waals surface area contributed by atoms with Gasteiger partial charge in [-0.1, -0.05) is 41.4 Å². The van der Waals surface area contributed by atoms with E-state index in [1.165, 1.54) is 6.21 Å². The second-order valence-corrected chi connectivity index (χ2v) is 6.32. The smallest absolute Gasteiger partial charge is 0.259 e. The Labute approximate surface area is 157 Å². The monoisotopic (exact) mass is 427 g/mol. The fourth-order valence-electron chi connectivity index (χ4n) is 1.72. The molecule has 0 aliphatic rings. The predicted molar refractivity (Wildman–Crippen MR) is 98.7 cm³/mol. The van der Waals surface area contributed by atoms with Gasteiger partial charge in [0.1, 0.15) is 0 Å². The number of hydrogen-bond donors (Lipinski definition) is 2. The summed E-state index contributed by atoms with van der Waals surface area (Å²) >= 11 is 15.0. The fraction of sp³-hybridized carbons (Fsp3) is 0.0625. The van der Waals surface area contributed by atoms with Gasteiger partial charge in [0.2, 0.25) is 0 Å².